The van der Waals surface area contributed by atoms with E-state index in [1.54, 1.807) is 19.1 Å². The minimum atomic E-state index is -0.860. The van der Waals surface area contributed by atoms with Crippen molar-refractivity contribution in [2.24, 2.45) is 5.92 Å². The fraction of sp³-hybridized carbons (Fsp3) is 0.579. The number of rotatable bonds is 5. The Hall–Kier alpha value is -2.13. The highest BCUT2D eigenvalue weighted by Crippen LogP contribution is 2.19. The lowest BCUT2D eigenvalue weighted by Gasteiger charge is -2.39. The van der Waals surface area contributed by atoms with Crippen molar-refractivity contribution < 1.29 is 9.18 Å². The zero-order valence-electron chi connectivity index (χ0n) is 15.4. The molecule has 25 heavy (non-hydrogen) atoms. The third kappa shape index (κ3) is 4.49. The number of hydrogen-bond acceptors (Lipinski definition) is 4. The van der Waals surface area contributed by atoms with Crippen molar-refractivity contribution in [3.05, 3.63) is 30.1 Å². The number of carbonyl (C=O) groups excluding carboxylic acids is 1. The van der Waals surface area contributed by atoms with Crippen molar-refractivity contribution in [2.75, 3.05) is 31.1 Å². The summed E-state index contributed by atoms with van der Waals surface area (Å²) in [7, 11) is 0. The molecule has 2 rings (SSSR count). The van der Waals surface area contributed by atoms with Gasteiger partial charge in [-0.15, -0.1) is 0 Å². The smallest absolute Gasteiger partial charge is 0.238 e. The van der Waals surface area contributed by atoms with Gasteiger partial charge in [0.1, 0.15) is 11.4 Å². The molecule has 2 atom stereocenters. The molecular formula is C19H27FN4O. The van der Waals surface area contributed by atoms with E-state index in [-0.39, 0.29) is 23.7 Å². The number of carbonyl (C=O) groups is 1. The third-order valence-corrected chi connectivity index (χ3v) is 5.20. The van der Waals surface area contributed by atoms with E-state index in [0.29, 0.717) is 0 Å². The lowest BCUT2D eigenvalue weighted by Crippen LogP contribution is -2.58. The van der Waals surface area contributed by atoms with Crippen molar-refractivity contribution in [3.8, 4) is 6.07 Å². The van der Waals surface area contributed by atoms with Crippen LogP contribution in [-0.4, -0.2) is 48.6 Å². The summed E-state index contributed by atoms with van der Waals surface area (Å²) in [6, 6.07) is 8.41. The van der Waals surface area contributed by atoms with Gasteiger partial charge in [-0.05, 0) is 44.0 Å². The van der Waals surface area contributed by atoms with Crippen LogP contribution in [0.1, 0.15) is 27.7 Å². The molecule has 0 aromatic heterocycles. The molecule has 1 aliphatic heterocycles. The van der Waals surface area contributed by atoms with E-state index >= 15 is 0 Å². The number of anilines is 1. The molecular weight excluding hydrogens is 319 g/mol. The van der Waals surface area contributed by atoms with E-state index in [9.17, 15) is 14.4 Å². The van der Waals surface area contributed by atoms with Gasteiger partial charge in [0.2, 0.25) is 5.91 Å². The van der Waals surface area contributed by atoms with E-state index in [0.717, 1.165) is 31.9 Å². The number of piperazine rings is 1. The predicted octanol–water partition coefficient (Wildman–Crippen LogP) is 2.39. The van der Waals surface area contributed by atoms with Crippen LogP contribution in [0.15, 0.2) is 24.3 Å². The first kappa shape index (κ1) is 19.2. The third-order valence-electron chi connectivity index (χ3n) is 5.20. The molecule has 1 fully saturated rings. The summed E-state index contributed by atoms with van der Waals surface area (Å²) in [4.78, 5) is 16.9. The maximum atomic E-state index is 13.0. The maximum absolute atomic E-state index is 13.0. The molecule has 1 saturated heterocycles. The second-order valence-electron chi connectivity index (χ2n) is 7.13. The molecule has 0 saturated carbocycles. The Balaban J connectivity index is 1.92. The molecule has 6 heteroatoms. The Bertz CT molecular complexity index is 632. The Morgan fingerprint density at radius 3 is 2.24 bits per heavy atom. The first-order chi connectivity index (χ1) is 11.8. The van der Waals surface area contributed by atoms with E-state index in [1.165, 1.54) is 12.1 Å². The van der Waals surface area contributed by atoms with Crippen LogP contribution in [0.3, 0.4) is 0 Å². The summed E-state index contributed by atoms with van der Waals surface area (Å²) in [5.41, 5.74) is 0.136. The number of nitriles is 1. The van der Waals surface area contributed by atoms with Crippen molar-refractivity contribution in [1.29, 1.82) is 5.26 Å². The largest absolute Gasteiger partial charge is 0.369 e. The summed E-state index contributed by atoms with van der Waals surface area (Å²) >= 11 is 0. The lowest BCUT2D eigenvalue weighted by molar-refractivity contribution is -0.127. The molecule has 136 valence electrons. The van der Waals surface area contributed by atoms with Gasteiger partial charge in [-0.1, -0.05) is 13.8 Å². The van der Waals surface area contributed by atoms with Gasteiger partial charge in [-0.3, -0.25) is 9.69 Å². The first-order valence-electron chi connectivity index (χ1n) is 8.74. The Labute approximate surface area is 149 Å². The van der Waals surface area contributed by atoms with Gasteiger partial charge in [-0.2, -0.15) is 5.26 Å². The second-order valence-corrected chi connectivity index (χ2v) is 7.13. The Morgan fingerprint density at radius 1 is 1.20 bits per heavy atom. The number of nitrogens with zero attached hydrogens (tertiary/aromatic N) is 3. The monoisotopic (exact) mass is 346 g/mol. The highest BCUT2D eigenvalue weighted by molar-refractivity contribution is 5.82. The molecule has 0 radical (unpaired) electrons. The summed E-state index contributed by atoms with van der Waals surface area (Å²) in [5.74, 6) is -0.324. The number of benzene rings is 1. The molecule has 0 aliphatic carbocycles. The van der Waals surface area contributed by atoms with Gasteiger partial charge < -0.3 is 10.2 Å². The Kier molecular flexibility index (Phi) is 6.02. The van der Waals surface area contributed by atoms with Gasteiger partial charge >= 0.3 is 0 Å². The van der Waals surface area contributed by atoms with Crippen LogP contribution in [0.4, 0.5) is 10.1 Å². The van der Waals surface area contributed by atoms with E-state index in [2.05, 4.69) is 21.2 Å². The minimum Gasteiger partial charge on any atom is -0.369 e. The van der Waals surface area contributed by atoms with Crippen LogP contribution < -0.4 is 10.2 Å². The quantitative estimate of drug-likeness (QED) is 0.889. The average Bonchev–Trinajstić information content (AvgIpc) is 2.61. The minimum absolute atomic E-state index is 0.0315. The lowest BCUT2D eigenvalue weighted by atomic mass is 9.89. The molecule has 1 aromatic carbocycles. The van der Waals surface area contributed by atoms with Crippen LogP contribution in [0.25, 0.3) is 0 Å². The molecule has 0 unspecified atom stereocenters. The van der Waals surface area contributed by atoms with Crippen molar-refractivity contribution in [1.82, 2.24) is 10.2 Å². The SMILES string of the molecule is CC(C)[C@@](C)(C#N)NC(=O)[C@H](C)N1CCN(c2ccc(F)cc2)CC1. The maximum Gasteiger partial charge on any atom is 0.238 e. The number of amides is 1. The number of halogens is 1. The first-order valence-corrected chi connectivity index (χ1v) is 8.74. The van der Waals surface area contributed by atoms with Crippen LogP contribution in [0.2, 0.25) is 0 Å². The Morgan fingerprint density at radius 2 is 1.76 bits per heavy atom. The van der Waals surface area contributed by atoms with Crippen molar-refractivity contribution in [3.63, 3.8) is 0 Å². The molecule has 1 N–H and O–H groups in total. The molecule has 1 aromatic rings. The van der Waals surface area contributed by atoms with Gasteiger partial charge in [-0.25, -0.2) is 4.39 Å². The number of hydrogen-bond donors (Lipinski definition) is 1. The van der Waals surface area contributed by atoms with E-state index < -0.39 is 5.54 Å². The fourth-order valence-corrected chi connectivity index (χ4v) is 2.85. The molecule has 0 bridgehead atoms. The molecule has 1 amide bonds. The predicted molar refractivity (Wildman–Crippen MR) is 96.6 cm³/mol. The second kappa shape index (κ2) is 7.83. The highest BCUT2D eigenvalue weighted by Gasteiger charge is 2.33. The summed E-state index contributed by atoms with van der Waals surface area (Å²) in [5, 5.41) is 12.3. The van der Waals surface area contributed by atoms with Gasteiger partial charge in [0.15, 0.2) is 0 Å². The summed E-state index contributed by atoms with van der Waals surface area (Å²) < 4.78 is 13.0. The fourth-order valence-electron chi connectivity index (χ4n) is 2.85. The molecule has 5 nitrogen and oxygen atoms in total. The van der Waals surface area contributed by atoms with Crippen molar-refractivity contribution in [2.45, 2.75) is 39.3 Å². The van der Waals surface area contributed by atoms with Gasteiger partial charge in [0.05, 0.1) is 12.1 Å². The highest BCUT2D eigenvalue weighted by atomic mass is 19.1. The average molecular weight is 346 g/mol. The van der Waals surface area contributed by atoms with Crippen LogP contribution in [0, 0.1) is 23.1 Å². The van der Waals surface area contributed by atoms with Gasteiger partial charge in [0, 0.05) is 31.9 Å². The zero-order valence-corrected chi connectivity index (χ0v) is 15.4. The zero-order chi connectivity index (χ0) is 18.6. The van der Waals surface area contributed by atoms with Crippen molar-refractivity contribution >= 4 is 11.6 Å². The van der Waals surface area contributed by atoms with E-state index in [4.69, 9.17) is 0 Å². The standard InChI is InChI=1S/C19H27FN4O/c1-14(2)19(4,13-21)22-18(25)15(3)23-9-11-24(12-10-23)17-7-5-16(20)6-8-17/h5-8,14-15H,9-12H2,1-4H3,(H,22,25)/t15-,19+/m0/s1. The van der Waals surface area contributed by atoms with Crippen LogP contribution in [-0.2, 0) is 4.79 Å². The van der Waals surface area contributed by atoms with E-state index in [1.807, 2.05) is 20.8 Å². The summed E-state index contributed by atoms with van der Waals surface area (Å²) in [6.07, 6.45) is 0. The summed E-state index contributed by atoms with van der Waals surface area (Å²) in [6.45, 7) is 10.5. The van der Waals surface area contributed by atoms with Crippen LogP contribution in [0.5, 0.6) is 0 Å². The number of nitrogens with one attached hydrogen (secondary N) is 1. The van der Waals surface area contributed by atoms with Gasteiger partial charge in [0.25, 0.3) is 0 Å². The molecule has 1 aliphatic rings. The normalized spacial score (nSPS) is 19.2. The molecule has 1 heterocycles. The van der Waals surface area contributed by atoms with Crippen LogP contribution >= 0.6 is 0 Å². The molecule has 0 spiro atoms. The topological polar surface area (TPSA) is 59.4 Å².